The Labute approximate surface area is 141 Å². The van der Waals surface area contributed by atoms with Gasteiger partial charge >= 0.3 is 0 Å². The summed E-state index contributed by atoms with van der Waals surface area (Å²) < 4.78 is 5.19. The molecule has 3 rings (SSSR count). The van der Waals surface area contributed by atoms with E-state index in [9.17, 15) is 4.79 Å². The smallest absolute Gasteiger partial charge is 0.272 e. The van der Waals surface area contributed by atoms with E-state index in [1.807, 2.05) is 31.2 Å². The molecule has 2 N–H and O–H groups in total. The highest BCUT2D eigenvalue weighted by Crippen LogP contribution is 2.28. The van der Waals surface area contributed by atoms with E-state index in [1.165, 1.54) is 0 Å². The summed E-state index contributed by atoms with van der Waals surface area (Å²) in [4.78, 5) is 23.0. The molecule has 0 spiro atoms. The molecule has 0 bridgehead atoms. The number of amides is 1. The summed E-state index contributed by atoms with van der Waals surface area (Å²) >= 11 is 0. The van der Waals surface area contributed by atoms with Crippen molar-refractivity contribution >= 4 is 5.91 Å². The summed E-state index contributed by atoms with van der Waals surface area (Å²) in [6, 6.07) is 9.49. The Kier molecular flexibility index (Phi) is 4.49. The van der Waals surface area contributed by atoms with Gasteiger partial charge in [-0.3, -0.25) is 4.79 Å². The minimum atomic E-state index is -0.0913. The standard InChI is InChI=1S/C18H22N4O2/c1-11-8-17(21-12(2)20-11)18(23)22-9-15(16(19)10-22)13-4-6-14(24-3)7-5-13/h4-8,15-16H,9-10,19H2,1-3H3/t15-,16+/m1/s1. The van der Waals surface area contributed by atoms with Gasteiger partial charge in [-0.2, -0.15) is 0 Å². The van der Waals surface area contributed by atoms with E-state index in [0.29, 0.717) is 24.6 Å². The van der Waals surface area contributed by atoms with E-state index < -0.39 is 0 Å². The Morgan fingerprint density at radius 2 is 1.92 bits per heavy atom. The first-order valence-electron chi connectivity index (χ1n) is 7.99. The van der Waals surface area contributed by atoms with Crippen LogP contribution in [0, 0.1) is 13.8 Å². The second kappa shape index (κ2) is 6.57. The third-order valence-electron chi connectivity index (χ3n) is 4.38. The van der Waals surface area contributed by atoms with Gasteiger partial charge in [-0.25, -0.2) is 9.97 Å². The lowest BCUT2D eigenvalue weighted by atomic mass is 9.95. The first kappa shape index (κ1) is 16.4. The molecule has 1 aromatic carbocycles. The van der Waals surface area contributed by atoms with Gasteiger partial charge in [0, 0.05) is 30.7 Å². The van der Waals surface area contributed by atoms with Crippen LogP contribution in [0.4, 0.5) is 0 Å². The number of likely N-dealkylation sites (tertiary alicyclic amines) is 1. The molecule has 6 nitrogen and oxygen atoms in total. The minimum absolute atomic E-state index is 0.0879. The first-order chi connectivity index (χ1) is 11.5. The molecule has 0 unspecified atom stereocenters. The third kappa shape index (κ3) is 3.23. The molecule has 1 aromatic heterocycles. The van der Waals surface area contributed by atoms with Crippen LogP contribution in [0.5, 0.6) is 5.75 Å². The van der Waals surface area contributed by atoms with E-state index in [-0.39, 0.29) is 17.9 Å². The number of hydrogen-bond donors (Lipinski definition) is 1. The van der Waals surface area contributed by atoms with E-state index >= 15 is 0 Å². The molecular formula is C18H22N4O2. The molecule has 0 aliphatic carbocycles. The number of carbonyl (C=O) groups excluding carboxylic acids is 1. The third-order valence-corrected chi connectivity index (χ3v) is 4.38. The number of rotatable bonds is 3. The molecule has 1 saturated heterocycles. The molecule has 2 atom stereocenters. The predicted molar refractivity (Wildman–Crippen MR) is 91.1 cm³/mol. The fourth-order valence-electron chi connectivity index (χ4n) is 3.19. The average molecular weight is 326 g/mol. The zero-order valence-corrected chi connectivity index (χ0v) is 14.2. The largest absolute Gasteiger partial charge is 0.497 e. The molecule has 2 heterocycles. The fourth-order valence-corrected chi connectivity index (χ4v) is 3.19. The number of carbonyl (C=O) groups is 1. The van der Waals surface area contributed by atoms with Crippen LogP contribution in [0.3, 0.4) is 0 Å². The summed E-state index contributed by atoms with van der Waals surface area (Å²) in [5, 5.41) is 0. The zero-order valence-electron chi connectivity index (χ0n) is 14.2. The number of nitrogens with zero attached hydrogens (tertiary/aromatic N) is 3. The Hall–Kier alpha value is -2.47. The highest BCUT2D eigenvalue weighted by atomic mass is 16.5. The molecule has 24 heavy (non-hydrogen) atoms. The number of aromatic nitrogens is 2. The molecule has 1 aliphatic rings. The molecule has 0 saturated carbocycles. The first-order valence-corrected chi connectivity index (χ1v) is 7.99. The van der Waals surface area contributed by atoms with Crippen molar-refractivity contribution in [2.75, 3.05) is 20.2 Å². The van der Waals surface area contributed by atoms with Crippen LogP contribution >= 0.6 is 0 Å². The lowest BCUT2D eigenvalue weighted by Crippen LogP contribution is -2.32. The molecular weight excluding hydrogens is 304 g/mol. The van der Waals surface area contributed by atoms with Crippen molar-refractivity contribution in [2.24, 2.45) is 5.73 Å². The summed E-state index contributed by atoms with van der Waals surface area (Å²) in [7, 11) is 1.64. The maximum absolute atomic E-state index is 12.7. The Bertz CT molecular complexity index is 725. The highest BCUT2D eigenvalue weighted by Gasteiger charge is 2.34. The number of benzene rings is 1. The summed E-state index contributed by atoms with van der Waals surface area (Å²) in [5.41, 5.74) is 8.63. The summed E-state index contributed by atoms with van der Waals surface area (Å²) in [6.07, 6.45) is 0. The Morgan fingerprint density at radius 1 is 1.21 bits per heavy atom. The lowest BCUT2D eigenvalue weighted by molar-refractivity contribution is 0.0782. The van der Waals surface area contributed by atoms with E-state index in [2.05, 4.69) is 9.97 Å². The van der Waals surface area contributed by atoms with Gasteiger partial charge in [0.05, 0.1) is 7.11 Å². The normalized spacial score (nSPS) is 20.2. The topological polar surface area (TPSA) is 81.3 Å². The SMILES string of the molecule is COc1ccc([C@H]2CN(C(=O)c3cc(C)nc(C)n3)C[C@@H]2N)cc1. The van der Waals surface area contributed by atoms with Crippen molar-refractivity contribution in [3.63, 3.8) is 0 Å². The van der Waals surface area contributed by atoms with Gasteiger partial charge < -0.3 is 15.4 Å². The number of aryl methyl sites for hydroxylation is 2. The second-order valence-electron chi connectivity index (χ2n) is 6.20. The average Bonchev–Trinajstić information content (AvgIpc) is 2.95. The number of nitrogens with two attached hydrogens (primary N) is 1. The van der Waals surface area contributed by atoms with Crippen LogP contribution in [0.25, 0.3) is 0 Å². The Morgan fingerprint density at radius 3 is 2.54 bits per heavy atom. The van der Waals surface area contributed by atoms with Gasteiger partial charge in [-0.15, -0.1) is 0 Å². The van der Waals surface area contributed by atoms with Gasteiger partial charge in [-0.1, -0.05) is 12.1 Å². The van der Waals surface area contributed by atoms with E-state index in [1.54, 1.807) is 25.0 Å². The van der Waals surface area contributed by atoms with Gasteiger partial charge in [0.1, 0.15) is 17.3 Å². The van der Waals surface area contributed by atoms with Crippen molar-refractivity contribution in [2.45, 2.75) is 25.8 Å². The number of methoxy groups -OCH3 is 1. The van der Waals surface area contributed by atoms with Crippen LogP contribution in [0.15, 0.2) is 30.3 Å². The van der Waals surface area contributed by atoms with Crippen molar-refractivity contribution in [1.82, 2.24) is 14.9 Å². The molecule has 1 fully saturated rings. The van der Waals surface area contributed by atoms with Crippen LogP contribution < -0.4 is 10.5 Å². The van der Waals surface area contributed by atoms with Crippen molar-refractivity contribution in [3.05, 3.63) is 53.1 Å². The maximum atomic E-state index is 12.7. The lowest BCUT2D eigenvalue weighted by Gasteiger charge is -2.16. The van der Waals surface area contributed by atoms with E-state index in [4.69, 9.17) is 10.5 Å². The van der Waals surface area contributed by atoms with Crippen LogP contribution in [0.2, 0.25) is 0 Å². The molecule has 6 heteroatoms. The van der Waals surface area contributed by atoms with Crippen molar-refractivity contribution in [3.8, 4) is 5.75 Å². The predicted octanol–water partition coefficient (Wildman–Crippen LogP) is 1.67. The van der Waals surface area contributed by atoms with Crippen molar-refractivity contribution in [1.29, 1.82) is 0 Å². The monoisotopic (exact) mass is 326 g/mol. The summed E-state index contributed by atoms with van der Waals surface area (Å²) in [6.45, 7) is 4.77. The Balaban J connectivity index is 1.78. The highest BCUT2D eigenvalue weighted by molar-refractivity contribution is 5.92. The minimum Gasteiger partial charge on any atom is -0.497 e. The maximum Gasteiger partial charge on any atom is 0.272 e. The summed E-state index contributed by atoms with van der Waals surface area (Å²) in [5.74, 6) is 1.44. The number of ether oxygens (including phenoxy) is 1. The van der Waals surface area contributed by atoms with E-state index in [0.717, 1.165) is 17.0 Å². The molecule has 0 radical (unpaired) electrons. The van der Waals surface area contributed by atoms with Crippen LogP contribution in [-0.4, -0.2) is 47.0 Å². The number of hydrogen-bond acceptors (Lipinski definition) is 5. The quantitative estimate of drug-likeness (QED) is 0.928. The molecule has 1 amide bonds. The van der Waals surface area contributed by atoms with Crippen molar-refractivity contribution < 1.29 is 9.53 Å². The van der Waals surface area contributed by atoms with Gasteiger partial charge in [-0.05, 0) is 37.6 Å². The van der Waals surface area contributed by atoms with Gasteiger partial charge in [0.25, 0.3) is 5.91 Å². The van der Waals surface area contributed by atoms with Gasteiger partial charge in [0.2, 0.25) is 0 Å². The molecule has 126 valence electrons. The fraction of sp³-hybridized carbons (Fsp3) is 0.389. The van der Waals surface area contributed by atoms with Crippen LogP contribution in [0.1, 0.15) is 33.5 Å². The molecule has 2 aromatic rings. The second-order valence-corrected chi connectivity index (χ2v) is 6.20. The zero-order chi connectivity index (χ0) is 17.3. The van der Waals surface area contributed by atoms with Gasteiger partial charge in [0.15, 0.2) is 0 Å². The molecule has 1 aliphatic heterocycles. The van der Waals surface area contributed by atoms with Crippen LogP contribution in [-0.2, 0) is 0 Å².